The number of rotatable bonds is 4. The quantitative estimate of drug-likeness (QED) is 0.431. The van der Waals surface area contributed by atoms with Gasteiger partial charge in [0.25, 0.3) is 5.91 Å². The Labute approximate surface area is 196 Å². The normalized spacial score (nSPS) is 19.3. The largest absolute Gasteiger partial charge is 0.497 e. The highest BCUT2D eigenvalue weighted by atomic mass is 32.2. The highest BCUT2D eigenvalue weighted by Crippen LogP contribution is 2.51. The fraction of sp³-hybridized carbons (Fsp3) is 0.200. The van der Waals surface area contributed by atoms with Crippen molar-refractivity contribution in [2.45, 2.75) is 18.7 Å². The number of methoxy groups -OCH3 is 1. The van der Waals surface area contributed by atoms with Crippen LogP contribution in [0.3, 0.4) is 0 Å². The molecule has 2 heterocycles. The minimum absolute atomic E-state index is 0.0113. The molecule has 3 aromatic carbocycles. The maximum absolute atomic E-state index is 13.4. The molecule has 2 aliphatic heterocycles. The van der Waals surface area contributed by atoms with Gasteiger partial charge in [-0.3, -0.25) is 9.69 Å². The van der Waals surface area contributed by atoms with Gasteiger partial charge in [-0.1, -0.05) is 48.2 Å². The van der Waals surface area contributed by atoms with Gasteiger partial charge in [-0.05, 0) is 49.2 Å². The van der Waals surface area contributed by atoms with Crippen LogP contribution in [0.1, 0.15) is 13.8 Å². The van der Waals surface area contributed by atoms with Gasteiger partial charge in [0.05, 0.1) is 18.5 Å². The van der Waals surface area contributed by atoms with E-state index in [1.54, 1.807) is 23.8 Å². The molecule has 0 atom stereocenters. The predicted octanol–water partition coefficient (Wildman–Crippen LogP) is 6.23. The fourth-order valence-corrected chi connectivity index (χ4v) is 6.41. The fourth-order valence-electron chi connectivity index (χ4n) is 3.98. The summed E-state index contributed by atoms with van der Waals surface area (Å²) in [4.78, 5) is 24.2. The third kappa shape index (κ3) is 3.45. The molecule has 0 aromatic heterocycles. The van der Waals surface area contributed by atoms with E-state index in [0.29, 0.717) is 6.54 Å². The molecule has 0 saturated carbocycles. The van der Waals surface area contributed by atoms with Gasteiger partial charge in [0.2, 0.25) is 0 Å². The summed E-state index contributed by atoms with van der Waals surface area (Å²) in [6, 6.07) is 20.3. The number of fused-ring (bicyclic) bond motifs is 2. The van der Waals surface area contributed by atoms with Crippen molar-refractivity contribution in [1.29, 1.82) is 0 Å². The number of carbonyl (C=O) groups excluding carboxylic acids is 1. The molecule has 0 N–H and O–H groups in total. The summed E-state index contributed by atoms with van der Waals surface area (Å²) in [5.41, 5.74) is 1.96. The zero-order valence-electron chi connectivity index (χ0n) is 18.2. The molecular weight excluding hydrogens is 438 g/mol. The summed E-state index contributed by atoms with van der Waals surface area (Å²) >= 11 is 3.10. The molecule has 1 fully saturated rings. The van der Waals surface area contributed by atoms with Gasteiger partial charge in [-0.25, -0.2) is 4.99 Å². The first kappa shape index (κ1) is 21.0. The summed E-state index contributed by atoms with van der Waals surface area (Å²) in [6.45, 7) is 5.43. The van der Waals surface area contributed by atoms with Crippen LogP contribution in [-0.2, 0) is 4.79 Å². The Morgan fingerprint density at radius 1 is 0.938 bits per heavy atom. The highest BCUT2D eigenvalue weighted by Gasteiger charge is 2.39. The van der Waals surface area contributed by atoms with E-state index in [1.807, 2.05) is 43.3 Å². The SMILES string of the molecule is CCN1C(=O)/C(=C2/Sc3ccc(OC)cc3N2CC)SC1=Nc1cccc2ccccc12. The number of likely N-dealkylation sites (N-methyl/N-ethyl adjacent to an activating group) is 1. The van der Waals surface area contributed by atoms with Crippen molar-refractivity contribution in [1.82, 2.24) is 4.90 Å². The van der Waals surface area contributed by atoms with E-state index < -0.39 is 0 Å². The molecule has 5 rings (SSSR count). The first-order valence-electron chi connectivity index (χ1n) is 10.6. The summed E-state index contributed by atoms with van der Waals surface area (Å²) in [7, 11) is 1.67. The standard InChI is InChI=1S/C25H23N3O2S2/c1-4-27-20-15-17(30-3)13-14-21(20)31-24(27)22-23(29)28(5-2)25(32-22)26-19-12-8-10-16-9-6-7-11-18(16)19/h6-15H,4-5H2,1-3H3/b24-22-,26-25?. The molecule has 0 bridgehead atoms. The predicted molar refractivity (Wildman–Crippen MR) is 135 cm³/mol. The van der Waals surface area contributed by atoms with Crippen LogP contribution in [0.4, 0.5) is 11.4 Å². The van der Waals surface area contributed by atoms with Crippen LogP contribution in [0.5, 0.6) is 5.75 Å². The topological polar surface area (TPSA) is 45.1 Å². The summed E-state index contributed by atoms with van der Waals surface area (Å²) in [5, 5.41) is 3.91. The number of amides is 1. The second-order valence-electron chi connectivity index (χ2n) is 7.36. The molecule has 0 radical (unpaired) electrons. The van der Waals surface area contributed by atoms with Crippen LogP contribution in [0.25, 0.3) is 10.8 Å². The third-order valence-electron chi connectivity index (χ3n) is 5.58. The van der Waals surface area contributed by atoms with Crippen LogP contribution in [0.15, 0.2) is 80.5 Å². The number of hydrogen-bond donors (Lipinski definition) is 0. The Hall–Kier alpha value is -2.90. The lowest BCUT2D eigenvalue weighted by Gasteiger charge is -2.19. The Morgan fingerprint density at radius 2 is 1.72 bits per heavy atom. The minimum atomic E-state index is 0.0113. The van der Waals surface area contributed by atoms with Crippen LogP contribution < -0.4 is 9.64 Å². The van der Waals surface area contributed by atoms with Crippen LogP contribution in [-0.4, -0.2) is 36.2 Å². The zero-order chi connectivity index (χ0) is 22.2. The van der Waals surface area contributed by atoms with Crippen molar-refractivity contribution in [3.05, 3.63) is 70.6 Å². The number of thioether (sulfide) groups is 2. The maximum atomic E-state index is 13.4. The number of carbonyl (C=O) groups is 1. The number of ether oxygens (including phenoxy) is 1. The van der Waals surface area contributed by atoms with Gasteiger partial charge in [0, 0.05) is 29.4 Å². The molecule has 162 valence electrons. The Morgan fingerprint density at radius 3 is 2.50 bits per heavy atom. The zero-order valence-corrected chi connectivity index (χ0v) is 19.8. The number of anilines is 1. The van der Waals surface area contributed by atoms with Crippen LogP contribution in [0.2, 0.25) is 0 Å². The number of nitrogens with zero attached hydrogens (tertiary/aromatic N) is 3. The minimum Gasteiger partial charge on any atom is -0.497 e. The first-order valence-corrected chi connectivity index (χ1v) is 12.2. The van der Waals surface area contributed by atoms with E-state index in [-0.39, 0.29) is 5.91 Å². The molecule has 1 amide bonds. The maximum Gasteiger partial charge on any atom is 0.269 e. The third-order valence-corrected chi connectivity index (χ3v) is 7.96. The van der Waals surface area contributed by atoms with Crippen molar-refractivity contribution >= 4 is 56.7 Å². The van der Waals surface area contributed by atoms with E-state index >= 15 is 0 Å². The lowest BCUT2D eigenvalue weighted by atomic mass is 10.1. The molecule has 7 heteroatoms. The van der Waals surface area contributed by atoms with Gasteiger partial charge in [-0.2, -0.15) is 0 Å². The van der Waals surface area contributed by atoms with E-state index in [9.17, 15) is 4.79 Å². The molecule has 1 saturated heterocycles. The highest BCUT2D eigenvalue weighted by molar-refractivity contribution is 8.19. The Bertz CT molecular complexity index is 1280. The molecule has 32 heavy (non-hydrogen) atoms. The second-order valence-corrected chi connectivity index (χ2v) is 9.37. The molecule has 0 spiro atoms. The lowest BCUT2D eigenvalue weighted by molar-refractivity contribution is -0.122. The molecule has 2 aliphatic rings. The van der Waals surface area contributed by atoms with Crippen molar-refractivity contribution in [2.75, 3.05) is 25.1 Å². The number of amidine groups is 1. The van der Waals surface area contributed by atoms with Crippen LogP contribution in [0, 0.1) is 0 Å². The summed E-state index contributed by atoms with van der Waals surface area (Å²) < 4.78 is 5.42. The van der Waals surface area contributed by atoms with E-state index in [0.717, 1.165) is 54.4 Å². The molecule has 3 aromatic rings. The van der Waals surface area contributed by atoms with E-state index in [4.69, 9.17) is 9.73 Å². The number of aliphatic imine (C=N–C) groups is 1. The molecule has 0 unspecified atom stereocenters. The average Bonchev–Trinajstić information content (AvgIpc) is 3.34. The molecule has 5 nitrogen and oxygen atoms in total. The van der Waals surface area contributed by atoms with Crippen molar-refractivity contribution in [3.63, 3.8) is 0 Å². The van der Waals surface area contributed by atoms with Gasteiger partial charge in [0.1, 0.15) is 15.7 Å². The second kappa shape index (κ2) is 8.56. The first-order chi connectivity index (χ1) is 15.6. The molecular formula is C25H23N3O2S2. The van der Waals surface area contributed by atoms with E-state index in [1.165, 1.54) is 11.8 Å². The van der Waals surface area contributed by atoms with Gasteiger partial charge in [-0.15, -0.1) is 0 Å². The molecule has 0 aliphatic carbocycles. The lowest BCUT2D eigenvalue weighted by Crippen LogP contribution is -2.29. The van der Waals surface area contributed by atoms with Gasteiger partial charge >= 0.3 is 0 Å². The smallest absolute Gasteiger partial charge is 0.269 e. The Balaban J connectivity index is 1.58. The van der Waals surface area contributed by atoms with Gasteiger partial charge in [0.15, 0.2) is 5.17 Å². The van der Waals surface area contributed by atoms with Crippen molar-refractivity contribution in [2.24, 2.45) is 4.99 Å². The summed E-state index contributed by atoms with van der Waals surface area (Å²) in [5.74, 6) is 0.824. The van der Waals surface area contributed by atoms with Crippen molar-refractivity contribution < 1.29 is 9.53 Å². The average molecular weight is 462 g/mol. The number of hydrogen-bond acceptors (Lipinski definition) is 6. The Kier molecular flexibility index (Phi) is 5.61. The van der Waals surface area contributed by atoms with Crippen molar-refractivity contribution in [3.8, 4) is 5.75 Å². The number of benzene rings is 3. The van der Waals surface area contributed by atoms with Crippen LogP contribution >= 0.6 is 23.5 Å². The summed E-state index contributed by atoms with van der Waals surface area (Å²) in [6.07, 6.45) is 0. The monoisotopic (exact) mass is 461 g/mol. The van der Waals surface area contributed by atoms with E-state index in [2.05, 4.69) is 36.1 Å². The van der Waals surface area contributed by atoms with Gasteiger partial charge < -0.3 is 9.64 Å².